The lowest BCUT2D eigenvalue weighted by atomic mass is 9.86. The van der Waals surface area contributed by atoms with E-state index in [2.05, 4.69) is 24.5 Å². The van der Waals surface area contributed by atoms with Crippen LogP contribution >= 0.6 is 0 Å². The van der Waals surface area contributed by atoms with Gasteiger partial charge in [-0.25, -0.2) is 9.69 Å². The van der Waals surface area contributed by atoms with Crippen LogP contribution in [0, 0.1) is 5.41 Å². The summed E-state index contributed by atoms with van der Waals surface area (Å²) in [4.78, 5) is 40.0. The quantitative estimate of drug-likeness (QED) is 0.408. The Hall–Kier alpha value is -2.61. The fraction of sp³-hybridized carbons (Fsp3) is 0.667. The highest BCUT2D eigenvalue weighted by Gasteiger charge is 2.34. The van der Waals surface area contributed by atoms with Crippen LogP contribution in [0.25, 0.3) is 0 Å². The van der Waals surface area contributed by atoms with E-state index in [1.165, 1.54) is 6.42 Å². The first-order valence-electron chi connectivity index (χ1n) is 12.8. The molecule has 0 aliphatic heterocycles. The number of rotatable bonds is 9. The van der Waals surface area contributed by atoms with E-state index in [1.54, 1.807) is 12.1 Å². The Bertz CT molecular complexity index is 690. The first kappa shape index (κ1) is 36.9. The molecule has 35 heavy (non-hydrogen) atoms. The molecule has 0 saturated heterocycles. The minimum Gasteiger partial charge on any atom is -0.395 e. The van der Waals surface area contributed by atoms with Gasteiger partial charge in [-0.05, 0) is 24.0 Å². The van der Waals surface area contributed by atoms with Crippen LogP contribution < -0.4 is 20.4 Å². The molecule has 0 unspecified atom stereocenters. The van der Waals surface area contributed by atoms with Crippen molar-refractivity contribution in [2.75, 3.05) is 36.5 Å². The Labute approximate surface area is 214 Å². The lowest BCUT2D eigenvalue weighted by Crippen LogP contribution is -2.56. The molecular formula is C27H52N4O4. The number of hydrogen-bond donors (Lipinski definition) is 3. The van der Waals surface area contributed by atoms with Crippen molar-refractivity contribution in [2.45, 2.75) is 88.1 Å². The number of amides is 4. The number of nitrogens with zero attached hydrogens (tertiary/aromatic N) is 2. The first-order valence-corrected chi connectivity index (χ1v) is 12.8. The third-order valence-electron chi connectivity index (χ3n) is 4.24. The zero-order chi connectivity index (χ0) is 28.0. The topological polar surface area (TPSA) is 102 Å². The smallest absolute Gasteiger partial charge is 0.329 e. The molecule has 1 aromatic rings. The van der Waals surface area contributed by atoms with E-state index in [4.69, 9.17) is 5.11 Å². The minimum atomic E-state index is -0.880. The van der Waals surface area contributed by atoms with Gasteiger partial charge in [0.25, 0.3) is 0 Å². The number of aliphatic hydroxyl groups excluding tert-OH is 1. The van der Waals surface area contributed by atoms with E-state index in [9.17, 15) is 14.4 Å². The van der Waals surface area contributed by atoms with Crippen LogP contribution in [0.3, 0.4) is 0 Å². The monoisotopic (exact) mass is 496 g/mol. The Balaban J connectivity index is -0.00000132. The number of benzene rings is 1. The van der Waals surface area contributed by atoms with Gasteiger partial charge in [0, 0.05) is 20.1 Å². The summed E-state index contributed by atoms with van der Waals surface area (Å²) in [5.74, 6) is -0.419. The number of nitrogens with one attached hydrogen (secondary N) is 2. The molecule has 3 N–H and O–H groups in total. The molecular weight excluding hydrogens is 444 g/mol. The van der Waals surface area contributed by atoms with Crippen molar-refractivity contribution < 1.29 is 19.5 Å². The zero-order valence-corrected chi connectivity index (χ0v) is 24.1. The second kappa shape index (κ2) is 21.9. The van der Waals surface area contributed by atoms with E-state index in [0.29, 0.717) is 12.1 Å². The Morgan fingerprint density at radius 2 is 1.51 bits per heavy atom. The molecule has 204 valence electrons. The lowest BCUT2D eigenvalue weighted by molar-refractivity contribution is -0.125. The molecule has 1 aromatic carbocycles. The highest BCUT2D eigenvalue weighted by molar-refractivity contribution is 6.09. The van der Waals surface area contributed by atoms with Crippen molar-refractivity contribution in [3.05, 3.63) is 24.3 Å². The molecule has 1 rings (SSSR count). The molecule has 0 aromatic heterocycles. The van der Waals surface area contributed by atoms with E-state index in [-0.39, 0.29) is 13.2 Å². The maximum absolute atomic E-state index is 12.9. The second-order valence-electron chi connectivity index (χ2n) is 8.36. The summed E-state index contributed by atoms with van der Waals surface area (Å²) in [5, 5.41) is 14.1. The maximum Gasteiger partial charge on any atom is 0.329 e. The number of urea groups is 1. The molecule has 0 heterocycles. The fourth-order valence-corrected chi connectivity index (χ4v) is 2.81. The molecule has 0 radical (unpaired) electrons. The first-order chi connectivity index (χ1) is 16.6. The summed E-state index contributed by atoms with van der Waals surface area (Å²) in [6.07, 6.45) is 2.61. The number of hydrogen-bond acceptors (Lipinski definition) is 5. The average molecular weight is 497 g/mol. The highest BCUT2D eigenvalue weighted by Crippen LogP contribution is 2.28. The second-order valence-corrected chi connectivity index (χ2v) is 8.36. The van der Waals surface area contributed by atoms with E-state index in [0.717, 1.165) is 23.6 Å². The number of para-hydroxylation sites is 2. The van der Waals surface area contributed by atoms with Crippen LogP contribution in [-0.4, -0.2) is 56.2 Å². The van der Waals surface area contributed by atoms with Crippen LogP contribution in [-0.2, 0) is 9.59 Å². The van der Waals surface area contributed by atoms with Crippen LogP contribution in [0.2, 0.25) is 0 Å². The molecule has 1 atom stereocenters. The van der Waals surface area contributed by atoms with Crippen molar-refractivity contribution in [3.63, 3.8) is 0 Å². The van der Waals surface area contributed by atoms with E-state index in [1.807, 2.05) is 79.5 Å². The normalized spacial score (nSPS) is 10.5. The number of anilines is 2. The summed E-state index contributed by atoms with van der Waals surface area (Å²) >= 11 is 0. The number of imide groups is 1. The number of carbonyl (C=O) groups is 3. The van der Waals surface area contributed by atoms with Crippen LogP contribution in [0.4, 0.5) is 16.2 Å². The zero-order valence-electron chi connectivity index (χ0n) is 24.1. The van der Waals surface area contributed by atoms with Gasteiger partial charge in [-0.2, -0.15) is 0 Å². The van der Waals surface area contributed by atoms with Crippen LogP contribution in [0.15, 0.2) is 24.3 Å². The largest absolute Gasteiger partial charge is 0.395 e. The molecule has 0 bridgehead atoms. The summed E-state index contributed by atoms with van der Waals surface area (Å²) in [7, 11) is 1.89. The third kappa shape index (κ3) is 14.4. The number of aliphatic hydroxyl groups is 1. The Morgan fingerprint density at radius 3 is 1.91 bits per heavy atom. The SMILES string of the molecule is CC.CC.CCC.CCCN(C)c1ccccc1N(C=O)C(=O)N[C@H](C(=O)NCCO)C(C)(C)C. The molecule has 0 spiro atoms. The molecule has 8 nitrogen and oxygen atoms in total. The Morgan fingerprint density at radius 1 is 1.03 bits per heavy atom. The van der Waals surface area contributed by atoms with Crippen molar-refractivity contribution in [1.29, 1.82) is 0 Å². The van der Waals surface area contributed by atoms with Crippen LogP contribution in [0.5, 0.6) is 0 Å². The van der Waals surface area contributed by atoms with Gasteiger partial charge in [0.2, 0.25) is 12.3 Å². The van der Waals surface area contributed by atoms with Crippen molar-refractivity contribution >= 4 is 29.7 Å². The molecule has 8 heteroatoms. The summed E-state index contributed by atoms with van der Waals surface area (Å²) < 4.78 is 0. The predicted octanol–water partition coefficient (Wildman–Crippen LogP) is 5.20. The fourth-order valence-electron chi connectivity index (χ4n) is 2.81. The van der Waals surface area contributed by atoms with Gasteiger partial charge < -0.3 is 20.6 Å². The van der Waals surface area contributed by atoms with Crippen molar-refractivity contribution in [3.8, 4) is 0 Å². The summed E-state index contributed by atoms with van der Waals surface area (Å²) in [6.45, 7) is 20.4. The van der Waals surface area contributed by atoms with Gasteiger partial charge in [0.1, 0.15) is 6.04 Å². The molecule has 0 fully saturated rings. The Kier molecular flexibility index (Phi) is 23.1. The van der Waals surface area contributed by atoms with Gasteiger partial charge in [-0.1, -0.05) is 87.8 Å². The molecule has 0 aliphatic rings. The van der Waals surface area contributed by atoms with Crippen molar-refractivity contribution in [2.24, 2.45) is 5.41 Å². The van der Waals surface area contributed by atoms with Crippen molar-refractivity contribution in [1.82, 2.24) is 10.6 Å². The summed E-state index contributed by atoms with van der Waals surface area (Å²) in [5.41, 5.74) is 0.584. The van der Waals surface area contributed by atoms with Gasteiger partial charge in [-0.15, -0.1) is 0 Å². The highest BCUT2D eigenvalue weighted by atomic mass is 16.3. The lowest BCUT2D eigenvalue weighted by Gasteiger charge is -2.32. The maximum atomic E-state index is 12.9. The third-order valence-corrected chi connectivity index (χ3v) is 4.24. The average Bonchev–Trinajstić information content (AvgIpc) is 2.84. The van der Waals surface area contributed by atoms with Crippen LogP contribution in [0.1, 0.15) is 82.1 Å². The van der Waals surface area contributed by atoms with E-state index < -0.39 is 23.4 Å². The molecule has 0 saturated carbocycles. The van der Waals surface area contributed by atoms with Gasteiger partial charge in [0.05, 0.1) is 18.0 Å². The van der Waals surface area contributed by atoms with Gasteiger partial charge in [-0.3, -0.25) is 9.59 Å². The molecule has 0 aliphatic carbocycles. The number of carbonyl (C=O) groups excluding carboxylic acids is 3. The van der Waals surface area contributed by atoms with Gasteiger partial charge in [0.15, 0.2) is 0 Å². The standard InChI is InChI=1S/C20H32N4O4.C3H8.2C2H6/c1-6-12-23(5)15-9-7-8-10-16(15)24(14-26)19(28)22-17(20(2,3)4)18(27)21-11-13-25;1-3-2;2*1-2/h7-10,14,17,25H,6,11-13H2,1-5H3,(H,21,27)(H,22,28);3H2,1-2H3;2*1-2H3/t17-;;;/m1.../s1. The van der Waals surface area contributed by atoms with E-state index >= 15 is 0 Å². The van der Waals surface area contributed by atoms with Gasteiger partial charge >= 0.3 is 6.03 Å². The predicted molar refractivity (Wildman–Crippen MR) is 149 cm³/mol. The molecule has 4 amide bonds. The minimum absolute atomic E-state index is 0.0866. The summed E-state index contributed by atoms with van der Waals surface area (Å²) in [6, 6.07) is 5.54.